The topological polar surface area (TPSA) is 217 Å². The zero-order valence-electron chi connectivity index (χ0n) is 32.9. The lowest BCUT2D eigenvalue weighted by Gasteiger charge is -2.31. The van der Waals surface area contributed by atoms with Gasteiger partial charge in [0.15, 0.2) is 0 Å². The van der Waals surface area contributed by atoms with Gasteiger partial charge in [0.25, 0.3) is 50.6 Å². The summed E-state index contributed by atoms with van der Waals surface area (Å²) in [6.07, 6.45) is -7.42. The maximum Gasteiger partial charge on any atom is 0.297 e. The van der Waals surface area contributed by atoms with Gasteiger partial charge < -0.3 is 0 Å². The summed E-state index contributed by atoms with van der Waals surface area (Å²) in [5, 5.41) is 0. The van der Waals surface area contributed by atoms with Crippen LogP contribution in [-0.4, -0.2) is 73.6 Å². The molecule has 0 saturated carbocycles. The average molecular weight is 923 g/mol. The Morgan fingerprint density at radius 3 is 0.750 bits per heavy atom. The first-order valence-electron chi connectivity index (χ1n) is 17.9. The Kier molecular flexibility index (Phi) is 14.6. The van der Waals surface area contributed by atoms with Crippen LogP contribution in [0, 0.1) is 34.6 Å². The number of aryl methyl sites for hydroxylation is 5. The van der Waals surface area contributed by atoms with Crippen LogP contribution < -0.4 is 0 Å². The Balaban J connectivity index is 1.70. The molecule has 0 aliphatic rings. The van der Waals surface area contributed by atoms with E-state index in [1.807, 2.05) is 0 Å². The highest BCUT2D eigenvalue weighted by Gasteiger charge is 2.44. The van der Waals surface area contributed by atoms with Crippen LogP contribution in [0.1, 0.15) is 27.8 Å². The summed E-state index contributed by atoms with van der Waals surface area (Å²) in [5.41, 5.74) is 3.29. The third-order valence-electron chi connectivity index (χ3n) is 8.79. The van der Waals surface area contributed by atoms with E-state index in [0.717, 1.165) is 36.4 Å². The van der Waals surface area contributed by atoms with E-state index >= 15 is 0 Å². The van der Waals surface area contributed by atoms with E-state index in [-0.39, 0.29) is 9.79 Å². The fourth-order valence-corrected chi connectivity index (χ4v) is 10.4. The summed E-state index contributed by atoms with van der Waals surface area (Å²) < 4.78 is 165. The van der Waals surface area contributed by atoms with Gasteiger partial charge in [0.2, 0.25) is 0 Å². The second-order valence-corrected chi connectivity index (χ2v) is 21.7. The van der Waals surface area contributed by atoms with E-state index in [2.05, 4.69) is 0 Å². The average Bonchev–Trinajstić information content (AvgIpc) is 3.18. The van der Waals surface area contributed by atoms with Crippen LogP contribution in [-0.2, 0) is 71.5 Å². The van der Waals surface area contributed by atoms with Gasteiger partial charge in [-0.05, 0) is 95.3 Å². The van der Waals surface area contributed by atoms with Crippen LogP contribution in [0.4, 0.5) is 0 Å². The molecule has 0 aromatic heterocycles. The number of hydrogen-bond acceptors (Lipinski definition) is 15. The van der Waals surface area contributed by atoms with Gasteiger partial charge in [-0.1, -0.05) is 88.5 Å². The van der Waals surface area contributed by atoms with Crippen LogP contribution in [0.25, 0.3) is 0 Å². The normalized spacial score (nSPS) is 14.3. The lowest BCUT2D eigenvalue weighted by molar-refractivity contribution is -0.0431. The van der Waals surface area contributed by atoms with E-state index < -0.39 is 96.8 Å². The maximum absolute atomic E-state index is 14.1. The van der Waals surface area contributed by atoms with Crippen molar-refractivity contribution in [3.63, 3.8) is 0 Å². The summed E-state index contributed by atoms with van der Waals surface area (Å²) in [6, 6.07) is 26.0. The highest BCUT2D eigenvalue weighted by atomic mass is 32.2. The molecular formula is C40H42O15S5. The van der Waals surface area contributed by atoms with Crippen molar-refractivity contribution in [3.05, 3.63) is 149 Å². The van der Waals surface area contributed by atoms with Crippen molar-refractivity contribution in [3.8, 4) is 0 Å². The van der Waals surface area contributed by atoms with Gasteiger partial charge in [0.05, 0.1) is 37.7 Å². The minimum Gasteiger partial charge on any atom is -0.263 e. The zero-order valence-corrected chi connectivity index (χ0v) is 36.9. The molecule has 1 unspecified atom stereocenters. The lowest BCUT2D eigenvalue weighted by atomic mass is 10.1. The molecule has 5 aromatic carbocycles. The number of rotatable bonds is 19. The highest BCUT2D eigenvalue weighted by Crippen LogP contribution is 2.29. The van der Waals surface area contributed by atoms with E-state index in [4.69, 9.17) is 20.9 Å². The summed E-state index contributed by atoms with van der Waals surface area (Å²) in [6.45, 7) is 5.68. The first kappa shape index (κ1) is 46.7. The second kappa shape index (κ2) is 18.7. The maximum atomic E-state index is 14.1. The summed E-state index contributed by atoms with van der Waals surface area (Å²) in [4.78, 5) is -2.26. The molecule has 20 heteroatoms. The summed E-state index contributed by atoms with van der Waals surface area (Å²) in [5.74, 6) is 0. The quantitative estimate of drug-likeness (QED) is 0.0913. The van der Waals surface area contributed by atoms with Gasteiger partial charge in [-0.2, -0.15) is 42.1 Å². The molecule has 0 spiro atoms. The summed E-state index contributed by atoms with van der Waals surface area (Å²) >= 11 is 0. The smallest absolute Gasteiger partial charge is 0.263 e. The molecule has 0 radical (unpaired) electrons. The fourth-order valence-electron chi connectivity index (χ4n) is 5.33. The van der Waals surface area contributed by atoms with Crippen molar-refractivity contribution < 1.29 is 63.0 Å². The van der Waals surface area contributed by atoms with Crippen LogP contribution in [0.3, 0.4) is 0 Å². The standard InChI is InChI=1S/C40H42O15S5/c1-28-6-16-33(17-7-28)56(41,42)51-26-38(53-58(45,46)35-20-10-30(3)11-21-35)40(55-60(49,50)37-24-14-32(5)15-25-37)39(54-59(47,48)36-22-12-31(4)13-23-36)27-52-57(43,44)34-18-8-29(2)9-19-34/h6-25,38-40H,26-27H2,1-5H3/t38-,39+,40?. The largest absolute Gasteiger partial charge is 0.297 e. The molecule has 3 atom stereocenters. The molecule has 0 saturated heterocycles. The number of hydrogen-bond donors (Lipinski definition) is 0. The Hall–Kier alpha value is -4.35. The first-order chi connectivity index (χ1) is 28.0. The summed E-state index contributed by atoms with van der Waals surface area (Å²) in [7, 11) is -24.7. The Morgan fingerprint density at radius 1 is 0.317 bits per heavy atom. The lowest BCUT2D eigenvalue weighted by Crippen LogP contribution is -2.50. The first-order valence-corrected chi connectivity index (χ1v) is 24.9. The highest BCUT2D eigenvalue weighted by molar-refractivity contribution is 7.88. The van der Waals surface area contributed by atoms with E-state index in [1.54, 1.807) is 34.6 Å². The molecule has 0 aliphatic heterocycles. The van der Waals surface area contributed by atoms with Gasteiger partial charge >= 0.3 is 0 Å². The van der Waals surface area contributed by atoms with Gasteiger partial charge in [-0.3, -0.25) is 20.9 Å². The van der Waals surface area contributed by atoms with E-state index in [0.29, 0.717) is 27.8 Å². The monoisotopic (exact) mass is 922 g/mol. The molecule has 60 heavy (non-hydrogen) atoms. The van der Waals surface area contributed by atoms with Crippen molar-refractivity contribution >= 4 is 50.6 Å². The zero-order chi connectivity index (χ0) is 44.1. The molecular weight excluding hydrogens is 881 g/mol. The van der Waals surface area contributed by atoms with Crippen molar-refractivity contribution in [2.75, 3.05) is 13.2 Å². The molecule has 322 valence electrons. The van der Waals surface area contributed by atoms with Crippen molar-refractivity contribution in [1.82, 2.24) is 0 Å². The molecule has 0 aliphatic carbocycles. The van der Waals surface area contributed by atoms with Crippen LogP contribution >= 0.6 is 0 Å². The van der Waals surface area contributed by atoms with E-state index in [1.165, 1.54) is 84.9 Å². The van der Waals surface area contributed by atoms with Gasteiger partial charge in [0.1, 0.15) is 18.3 Å². The molecule has 15 nitrogen and oxygen atoms in total. The van der Waals surface area contributed by atoms with Crippen LogP contribution in [0.5, 0.6) is 0 Å². The Labute approximate surface area is 351 Å². The fraction of sp³-hybridized carbons (Fsp3) is 0.250. The van der Waals surface area contributed by atoms with Crippen LogP contribution in [0.15, 0.2) is 146 Å². The van der Waals surface area contributed by atoms with Crippen molar-refractivity contribution in [2.45, 2.75) is 77.4 Å². The molecule has 0 fully saturated rings. The minimum atomic E-state index is -5.10. The second-order valence-electron chi connectivity index (χ2n) is 13.7. The van der Waals surface area contributed by atoms with Gasteiger partial charge in [-0.25, -0.2) is 0 Å². The third-order valence-corrected chi connectivity index (χ3v) is 15.4. The SMILES string of the molecule is Cc1ccc(S(=O)(=O)OC[C@H](OS(=O)(=O)c2ccc(C)cc2)C(OS(=O)(=O)c2ccc(C)cc2)[C@@H](COS(=O)(=O)c2ccc(C)cc2)OS(=O)(=O)c2ccc(C)cc2)cc1. The Bertz CT molecular complexity index is 2670. The predicted octanol–water partition coefficient (Wildman–Crippen LogP) is 5.66. The molecule has 0 heterocycles. The molecule has 0 bridgehead atoms. The Morgan fingerprint density at radius 2 is 0.517 bits per heavy atom. The van der Waals surface area contributed by atoms with Gasteiger partial charge in [0, 0.05) is 0 Å². The molecule has 5 rings (SSSR count). The van der Waals surface area contributed by atoms with Crippen molar-refractivity contribution in [1.29, 1.82) is 0 Å². The molecule has 0 amide bonds. The minimum absolute atomic E-state index is 0.389. The molecule has 0 N–H and O–H groups in total. The third kappa shape index (κ3) is 12.1. The predicted molar refractivity (Wildman–Crippen MR) is 218 cm³/mol. The molecule has 5 aromatic rings. The van der Waals surface area contributed by atoms with Crippen molar-refractivity contribution in [2.24, 2.45) is 0 Å². The van der Waals surface area contributed by atoms with Gasteiger partial charge in [-0.15, -0.1) is 0 Å². The van der Waals surface area contributed by atoms with E-state index in [9.17, 15) is 42.1 Å². The van der Waals surface area contributed by atoms with Crippen LogP contribution in [0.2, 0.25) is 0 Å². The number of benzene rings is 5.